The van der Waals surface area contributed by atoms with Crippen LogP contribution in [0.1, 0.15) is 1.43 Å². The third-order valence-corrected chi connectivity index (χ3v) is 9.23. The summed E-state index contributed by atoms with van der Waals surface area (Å²) in [5.41, 5.74) is 2.03. The van der Waals surface area contributed by atoms with E-state index < -0.39 is 44.4 Å². The third kappa shape index (κ3) is 5.29. The van der Waals surface area contributed by atoms with E-state index in [1.54, 1.807) is 6.07 Å². The summed E-state index contributed by atoms with van der Waals surface area (Å²) in [6, 6.07) is 7.07. The minimum absolute atomic E-state index is 0. The van der Waals surface area contributed by atoms with Crippen molar-refractivity contribution in [2.24, 2.45) is 0 Å². The molecule has 0 unspecified atom stereocenters. The molecule has 0 bridgehead atoms. The molecule has 1 aromatic heterocycles. The number of halogens is 1. The van der Waals surface area contributed by atoms with E-state index in [4.69, 9.17) is 5.21 Å². The predicted molar refractivity (Wildman–Crippen MR) is 105 cm³/mol. The number of nitrogens with zero attached hydrogens (tertiary/aromatic N) is 2. The average Bonchev–Trinajstić information content (AvgIpc) is 3.18. The first-order valence-electron chi connectivity index (χ1n) is 8.31. The SMILES string of the molecule is CS(=O)(=O)N1CCN(S(=O)(=O)c2ccc(-c3ccc(F)cc3)s2)[C@@H](C(=O)NO)C1.[H-].[Na+]. The average molecular weight is 488 g/mol. The molecule has 2 N–H and O–H groups in total. The van der Waals surface area contributed by atoms with Gasteiger partial charge >= 0.3 is 29.6 Å². The molecule has 1 aliphatic rings. The molecule has 3 rings (SSSR count). The van der Waals surface area contributed by atoms with E-state index in [1.807, 2.05) is 0 Å². The van der Waals surface area contributed by atoms with Crippen LogP contribution in [0.4, 0.5) is 4.39 Å². The largest absolute Gasteiger partial charge is 1.00 e. The number of carbonyl (C=O) groups excluding carboxylic acids is 1. The second-order valence-corrected chi connectivity index (χ2v) is 11.5. The van der Waals surface area contributed by atoms with Crippen molar-refractivity contribution in [3.8, 4) is 10.4 Å². The maximum atomic E-state index is 13.1. The van der Waals surface area contributed by atoms with Gasteiger partial charge < -0.3 is 1.43 Å². The Labute approximate surface area is 201 Å². The number of thiophene rings is 1. The molecule has 2 aromatic rings. The van der Waals surface area contributed by atoms with Gasteiger partial charge in [-0.1, -0.05) is 12.1 Å². The summed E-state index contributed by atoms with van der Waals surface area (Å²) in [6.45, 7) is -0.790. The summed E-state index contributed by atoms with van der Waals surface area (Å²) < 4.78 is 64.7. The van der Waals surface area contributed by atoms with Gasteiger partial charge in [-0.05, 0) is 29.8 Å². The van der Waals surface area contributed by atoms with Crippen LogP contribution in [-0.2, 0) is 24.8 Å². The van der Waals surface area contributed by atoms with Crippen molar-refractivity contribution in [3.63, 3.8) is 0 Å². The molecular formula is C16H19FN3NaO6S3. The van der Waals surface area contributed by atoms with E-state index in [-0.39, 0.29) is 48.3 Å². The normalized spacial score (nSPS) is 18.6. The fourth-order valence-corrected chi connectivity index (χ4v) is 6.80. The van der Waals surface area contributed by atoms with Gasteiger partial charge in [0.15, 0.2) is 0 Å². The first kappa shape index (κ1) is 25.4. The van der Waals surface area contributed by atoms with Gasteiger partial charge in [0.2, 0.25) is 10.0 Å². The molecule has 9 nitrogen and oxygen atoms in total. The molecule has 0 radical (unpaired) electrons. The number of amides is 1. The topological polar surface area (TPSA) is 124 Å². The first-order chi connectivity index (χ1) is 13.5. The molecule has 1 aliphatic heterocycles. The van der Waals surface area contributed by atoms with E-state index >= 15 is 0 Å². The standard InChI is InChI=1S/C16H18FN3O6S3.Na.H/c1-28(23,24)19-8-9-20(13(10-19)16(21)18-22)29(25,26)15-7-6-14(27-15)11-2-4-12(17)5-3-11;;/h2-7,13,22H,8-10H2,1H3,(H,18,21);;/q;+1;-1/t13-;;/m1../s1. The Morgan fingerprint density at radius 1 is 1.17 bits per heavy atom. The fraction of sp³-hybridized carbons (Fsp3) is 0.312. The number of hydrogen-bond acceptors (Lipinski definition) is 7. The maximum absolute atomic E-state index is 13.1. The molecule has 1 aromatic carbocycles. The molecule has 0 spiro atoms. The monoisotopic (exact) mass is 487 g/mol. The quantitative estimate of drug-likeness (QED) is 0.281. The second kappa shape index (κ2) is 9.71. The fourth-order valence-electron chi connectivity index (χ4n) is 2.96. The van der Waals surface area contributed by atoms with Gasteiger partial charge in [0, 0.05) is 24.5 Å². The van der Waals surface area contributed by atoms with Crippen molar-refractivity contribution in [3.05, 3.63) is 42.2 Å². The van der Waals surface area contributed by atoms with Gasteiger partial charge in [0.25, 0.3) is 15.9 Å². The van der Waals surface area contributed by atoms with Crippen molar-refractivity contribution >= 4 is 37.3 Å². The number of carbonyl (C=O) groups is 1. The Balaban J connectivity index is 0.00000240. The summed E-state index contributed by atoms with van der Waals surface area (Å²) in [4.78, 5) is 12.7. The Kier molecular flexibility index (Phi) is 8.21. The number of nitrogens with one attached hydrogen (secondary N) is 1. The van der Waals surface area contributed by atoms with Crippen molar-refractivity contribution in [2.45, 2.75) is 10.3 Å². The smallest absolute Gasteiger partial charge is 1.00 e. The van der Waals surface area contributed by atoms with Crippen LogP contribution in [0.5, 0.6) is 0 Å². The van der Waals surface area contributed by atoms with Crippen molar-refractivity contribution < 1.29 is 62.2 Å². The molecule has 160 valence electrons. The zero-order valence-corrected chi connectivity index (χ0v) is 20.6. The number of hydrogen-bond donors (Lipinski definition) is 2. The Hall–Kier alpha value is -0.900. The van der Waals surface area contributed by atoms with Gasteiger partial charge in [0.1, 0.15) is 16.1 Å². The van der Waals surface area contributed by atoms with Gasteiger partial charge in [0.05, 0.1) is 6.26 Å². The summed E-state index contributed by atoms with van der Waals surface area (Å²) in [7, 11) is -7.79. The minimum Gasteiger partial charge on any atom is -1.00 e. The van der Waals surface area contributed by atoms with E-state index in [1.165, 1.54) is 35.8 Å². The molecule has 30 heavy (non-hydrogen) atoms. The van der Waals surface area contributed by atoms with E-state index in [0.29, 0.717) is 10.4 Å². The van der Waals surface area contributed by atoms with Crippen LogP contribution in [0, 0.1) is 5.82 Å². The Bertz CT molecular complexity index is 1130. The maximum Gasteiger partial charge on any atom is 1.00 e. The Morgan fingerprint density at radius 2 is 1.80 bits per heavy atom. The van der Waals surface area contributed by atoms with Crippen LogP contribution in [0.15, 0.2) is 40.6 Å². The first-order valence-corrected chi connectivity index (χ1v) is 12.4. The van der Waals surface area contributed by atoms with Crippen LogP contribution in [0.2, 0.25) is 0 Å². The van der Waals surface area contributed by atoms with E-state index in [9.17, 15) is 26.0 Å². The van der Waals surface area contributed by atoms with Crippen LogP contribution in [-0.4, -0.2) is 68.5 Å². The zero-order chi connectivity index (χ0) is 21.4. The van der Waals surface area contributed by atoms with E-state index in [2.05, 4.69) is 0 Å². The van der Waals surface area contributed by atoms with Crippen LogP contribution < -0.4 is 35.0 Å². The summed E-state index contributed by atoms with van der Waals surface area (Å²) in [6.07, 6.45) is 0.958. The Morgan fingerprint density at radius 3 is 2.37 bits per heavy atom. The van der Waals surface area contributed by atoms with Crippen molar-refractivity contribution in [2.75, 3.05) is 25.9 Å². The number of benzene rings is 1. The zero-order valence-electron chi connectivity index (χ0n) is 17.1. The third-order valence-electron chi connectivity index (χ3n) is 4.45. The molecular weight excluding hydrogens is 468 g/mol. The number of piperazine rings is 1. The summed E-state index contributed by atoms with van der Waals surface area (Å²) in [5.74, 6) is -1.45. The second-order valence-electron chi connectivity index (χ2n) is 6.35. The molecule has 1 atom stereocenters. The van der Waals surface area contributed by atoms with Crippen molar-refractivity contribution in [1.82, 2.24) is 14.1 Å². The molecule has 1 fully saturated rings. The van der Waals surface area contributed by atoms with Crippen LogP contribution >= 0.6 is 11.3 Å². The van der Waals surface area contributed by atoms with E-state index in [0.717, 1.165) is 26.2 Å². The molecule has 0 aliphatic carbocycles. The predicted octanol–water partition coefficient (Wildman–Crippen LogP) is -2.19. The molecule has 1 amide bonds. The van der Waals surface area contributed by atoms with Crippen LogP contribution in [0.3, 0.4) is 0 Å². The van der Waals surface area contributed by atoms with Crippen LogP contribution in [0.25, 0.3) is 10.4 Å². The van der Waals surface area contributed by atoms with Gasteiger partial charge in [-0.2, -0.15) is 8.61 Å². The molecule has 14 heteroatoms. The molecule has 2 heterocycles. The molecule has 1 saturated heterocycles. The number of sulfonamides is 2. The minimum atomic E-state index is -4.15. The van der Waals surface area contributed by atoms with Crippen molar-refractivity contribution in [1.29, 1.82) is 0 Å². The molecule has 0 saturated carbocycles. The number of hydroxylamine groups is 1. The van der Waals surface area contributed by atoms with Gasteiger partial charge in [-0.15, -0.1) is 11.3 Å². The van der Waals surface area contributed by atoms with Gasteiger partial charge in [-0.25, -0.2) is 26.7 Å². The van der Waals surface area contributed by atoms with Gasteiger partial charge in [-0.3, -0.25) is 10.0 Å². The number of rotatable bonds is 5. The summed E-state index contributed by atoms with van der Waals surface area (Å²) in [5, 5.41) is 8.99. The summed E-state index contributed by atoms with van der Waals surface area (Å²) >= 11 is 0.942.